The van der Waals surface area contributed by atoms with Crippen LogP contribution in [0.15, 0.2) is 18.2 Å². The van der Waals surface area contributed by atoms with Crippen LogP contribution < -0.4 is 0 Å². The highest BCUT2D eigenvalue weighted by Gasteiger charge is 2.02. The van der Waals surface area contributed by atoms with Gasteiger partial charge >= 0.3 is 0 Å². The quantitative estimate of drug-likeness (QED) is 0.590. The van der Waals surface area contributed by atoms with Crippen LogP contribution in [0.3, 0.4) is 0 Å². The van der Waals surface area contributed by atoms with Gasteiger partial charge in [0.05, 0.1) is 6.61 Å². The van der Waals surface area contributed by atoms with Crippen LogP contribution in [0.2, 0.25) is 0 Å². The highest BCUT2D eigenvalue weighted by Crippen LogP contribution is 2.11. The minimum atomic E-state index is -0.0544. The van der Waals surface area contributed by atoms with Gasteiger partial charge in [0.25, 0.3) is 0 Å². The van der Waals surface area contributed by atoms with Gasteiger partial charge in [-0.05, 0) is 22.9 Å². The normalized spacial score (nSPS) is 10.8. The summed E-state index contributed by atoms with van der Waals surface area (Å²) in [6, 6.07) is 5.06. The maximum Gasteiger partial charge on any atom is 0.131 e. The third-order valence-electron chi connectivity index (χ3n) is 1.68. The summed E-state index contributed by atoms with van der Waals surface area (Å²) >= 11 is 0. The van der Waals surface area contributed by atoms with E-state index in [1.54, 1.807) is 18.2 Å². The Hall–Kier alpha value is -1.62. The number of aliphatic hydroxyl groups is 1. The molecule has 12 heavy (non-hydrogen) atoms. The van der Waals surface area contributed by atoms with E-state index in [0.717, 1.165) is 5.56 Å². The molecule has 2 N–H and O–H groups in total. The first-order chi connectivity index (χ1) is 5.81. The molecular formula is C7H7N3O2. The predicted octanol–water partition coefficient (Wildman–Crippen LogP) is 0.161. The summed E-state index contributed by atoms with van der Waals surface area (Å²) in [5.41, 5.74) is 1.83. The van der Waals surface area contributed by atoms with Crippen molar-refractivity contribution < 1.29 is 10.3 Å². The predicted molar refractivity (Wildman–Crippen MR) is 40.6 cm³/mol. The van der Waals surface area contributed by atoms with Crippen LogP contribution in [0.5, 0.6) is 0 Å². The molecule has 0 saturated heterocycles. The molecule has 62 valence electrons. The van der Waals surface area contributed by atoms with Crippen LogP contribution >= 0.6 is 0 Å². The van der Waals surface area contributed by atoms with E-state index in [1.807, 2.05) is 0 Å². The zero-order valence-corrected chi connectivity index (χ0v) is 6.18. The van der Waals surface area contributed by atoms with Crippen LogP contribution in [0.4, 0.5) is 0 Å². The lowest BCUT2D eigenvalue weighted by Crippen LogP contribution is -1.92. The Morgan fingerprint density at radius 2 is 2.25 bits per heavy atom. The molecule has 0 saturated carbocycles. The van der Waals surface area contributed by atoms with Crippen molar-refractivity contribution in [2.75, 3.05) is 0 Å². The van der Waals surface area contributed by atoms with E-state index in [1.165, 1.54) is 0 Å². The van der Waals surface area contributed by atoms with Crippen molar-refractivity contribution in [3.05, 3.63) is 23.8 Å². The van der Waals surface area contributed by atoms with Crippen molar-refractivity contribution in [3.63, 3.8) is 0 Å². The van der Waals surface area contributed by atoms with E-state index in [0.29, 0.717) is 15.9 Å². The van der Waals surface area contributed by atoms with E-state index in [4.69, 9.17) is 10.3 Å². The minimum absolute atomic E-state index is 0.0544. The molecule has 0 aliphatic carbocycles. The molecule has 0 atom stereocenters. The number of hydrogen-bond donors (Lipinski definition) is 2. The molecule has 1 aromatic carbocycles. The van der Waals surface area contributed by atoms with Crippen LogP contribution in [0.25, 0.3) is 11.0 Å². The van der Waals surface area contributed by atoms with Crippen molar-refractivity contribution in [1.82, 2.24) is 15.2 Å². The molecule has 1 heterocycles. The first-order valence-corrected chi connectivity index (χ1v) is 3.46. The van der Waals surface area contributed by atoms with Gasteiger partial charge in [-0.15, -0.1) is 5.10 Å². The van der Waals surface area contributed by atoms with Crippen LogP contribution in [-0.2, 0) is 6.61 Å². The maximum absolute atomic E-state index is 9.09. The van der Waals surface area contributed by atoms with Crippen molar-refractivity contribution in [2.45, 2.75) is 6.61 Å². The molecule has 2 rings (SSSR count). The lowest BCUT2D eigenvalue weighted by Gasteiger charge is -1.94. The molecule has 0 fully saturated rings. The molecule has 2 aromatic rings. The standard InChI is InChI=1S/C7H7N3O2/c11-4-5-1-2-6-7(3-5)10(12)9-8-6/h1-3,11-12H,4H2. The lowest BCUT2D eigenvalue weighted by atomic mass is 10.2. The summed E-state index contributed by atoms with van der Waals surface area (Å²) in [5.74, 6) is 0. The fraction of sp³-hybridized carbons (Fsp3) is 0.143. The number of nitrogens with zero attached hydrogens (tertiary/aromatic N) is 3. The average Bonchev–Trinajstić information content (AvgIpc) is 2.47. The number of aromatic nitrogens is 3. The zero-order chi connectivity index (χ0) is 8.55. The Morgan fingerprint density at radius 1 is 1.42 bits per heavy atom. The van der Waals surface area contributed by atoms with Gasteiger partial charge in [-0.1, -0.05) is 10.9 Å². The first-order valence-electron chi connectivity index (χ1n) is 3.46. The number of benzene rings is 1. The Kier molecular flexibility index (Phi) is 1.44. The highest BCUT2D eigenvalue weighted by molar-refractivity contribution is 5.74. The number of aliphatic hydroxyl groups excluding tert-OH is 1. The van der Waals surface area contributed by atoms with Gasteiger partial charge in [-0.25, -0.2) is 0 Å². The van der Waals surface area contributed by atoms with Crippen LogP contribution in [-0.4, -0.2) is 25.5 Å². The molecule has 5 heteroatoms. The summed E-state index contributed by atoms with van der Waals surface area (Å²) in [4.78, 5) is 0.689. The van der Waals surface area contributed by atoms with Gasteiger partial charge in [-0.2, -0.15) is 0 Å². The molecule has 0 radical (unpaired) electrons. The minimum Gasteiger partial charge on any atom is -0.410 e. The molecule has 0 aliphatic rings. The van der Waals surface area contributed by atoms with Gasteiger partial charge in [0, 0.05) is 0 Å². The van der Waals surface area contributed by atoms with Crippen LogP contribution in [0, 0.1) is 0 Å². The zero-order valence-electron chi connectivity index (χ0n) is 6.18. The van der Waals surface area contributed by atoms with Crippen molar-refractivity contribution >= 4 is 11.0 Å². The smallest absolute Gasteiger partial charge is 0.131 e. The van der Waals surface area contributed by atoms with E-state index in [2.05, 4.69) is 10.3 Å². The summed E-state index contributed by atoms with van der Waals surface area (Å²) in [5, 5.41) is 25.0. The summed E-state index contributed by atoms with van der Waals surface area (Å²) < 4.78 is 0. The van der Waals surface area contributed by atoms with Crippen molar-refractivity contribution in [1.29, 1.82) is 0 Å². The Balaban J connectivity index is 2.71. The summed E-state index contributed by atoms with van der Waals surface area (Å²) in [7, 11) is 0. The molecular weight excluding hydrogens is 158 g/mol. The summed E-state index contributed by atoms with van der Waals surface area (Å²) in [6.45, 7) is -0.0544. The second-order valence-corrected chi connectivity index (χ2v) is 2.46. The third kappa shape index (κ3) is 0.911. The molecule has 0 bridgehead atoms. The van der Waals surface area contributed by atoms with E-state index < -0.39 is 0 Å². The van der Waals surface area contributed by atoms with E-state index in [-0.39, 0.29) is 6.61 Å². The molecule has 5 nitrogen and oxygen atoms in total. The molecule has 1 aromatic heterocycles. The van der Waals surface area contributed by atoms with Gasteiger partial charge in [-0.3, -0.25) is 0 Å². The molecule has 0 unspecified atom stereocenters. The average molecular weight is 165 g/mol. The largest absolute Gasteiger partial charge is 0.410 e. The van der Waals surface area contributed by atoms with Gasteiger partial charge in [0.1, 0.15) is 11.0 Å². The Labute approximate surface area is 67.8 Å². The monoisotopic (exact) mass is 165 g/mol. The molecule has 0 amide bonds. The number of hydrogen-bond acceptors (Lipinski definition) is 4. The highest BCUT2D eigenvalue weighted by atomic mass is 16.5. The topological polar surface area (TPSA) is 71.2 Å². The molecule has 0 spiro atoms. The van der Waals surface area contributed by atoms with Crippen LogP contribution in [0.1, 0.15) is 5.56 Å². The number of fused-ring (bicyclic) bond motifs is 1. The fourth-order valence-electron chi connectivity index (χ4n) is 1.05. The Bertz CT molecular complexity index is 410. The third-order valence-corrected chi connectivity index (χ3v) is 1.68. The van der Waals surface area contributed by atoms with Gasteiger partial charge in [0.2, 0.25) is 0 Å². The van der Waals surface area contributed by atoms with E-state index in [9.17, 15) is 0 Å². The van der Waals surface area contributed by atoms with Crippen molar-refractivity contribution in [2.24, 2.45) is 0 Å². The second kappa shape index (κ2) is 2.46. The lowest BCUT2D eigenvalue weighted by molar-refractivity contribution is 0.154. The summed E-state index contributed by atoms with van der Waals surface area (Å²) in [6.07, 6.45) is 0. The van der Waals surface area contributed by atoms with Gasteiger partial charge < -0.3 is 10.3 Å². The van der Waals surface area contributed by atoms with Gasteiger partial charge in [0.15, 0.2) is 0 Å². The number of rotatable bonds is 1. The fourth-order valence-corrected chi connectivity index (χ4v) is 1.05. The SMILES string of the molecule is OCc1ccc2nnn(O)c2c1. The second-order valence-electron chi connectivity index (χ2n) is 2.46. The Morgan fingerprint density at radius 3 is 3.00 bits per heavy atom. The van der Waals surface area contributed by atoms with Crippen molar-refractivity contribution in [3.8, 4) is 0 Å². The maximum atomic E-state index is 9.09. The molecule has 0 aliphatic heterocycles. The van der Waals surface area contributed by atoms with E-state index >= 15 is 0 Å². The first kappa shape index (κ1) is 7.05.